The number of ether oxygens (including phenoxy) is 1. The molecule has 1 unspecified atom stereocenters. The van der Waals surface area contributed by atoms with E-state index in [-0.39, 0.29) is 18.3 Å². The van der Waals surface area contributed by atoms with Crippen LogP contribution >= 0.6 is 0 Å². The summed E-state index contributed by atoms with van der Waals surface area (Å²) in [5.74, 6) is -0.175. The zero-order chi connectivity index (χ0) is 12.6. The van der Waals surface area contributed by atoms with Gasteiger partial charge in [0.15, 0.2) is 0 Å². The van der Waals surface area contributed by atoms with E-state index in [2.05, 4.69) is 4.98 Å². The Morgan fingerprint density at radius 3 is 2.88 bits per heavy atom. The van der Waals surface area contributed by atoms with Gasteiger partial charge in [0.25, 0.3) is 0 Å². The molecule has 1 aliphatic heterocycles. The molecule has 1 saturated heterocycles. The van der Waals surface area contributed by atoms with Crippen molar-refractivity contribution < 1.29 is 14.9 Å². The summed E-state index contributed by atoms with van der Waals surface area (Å²) >= 11 is 0. The lowest BCUT2D eigenvalue weighted by Gasteiger charge is -2.17. The molecule has 0 amide bonds. The second-order valence-electron chi connectivity index (χ2n) is 4.14. The van der Waals surface area contributed by atoms with Crippen molar-refractivity contribution in [2.24, 2.45) is 5.92 Å². The number of aromatic nitrogens is 2. The number of hydrogen-bond acceptors (Lipinski definition) is 6. The summed E-state index contributed by atoms with van der Waals surface area (Å²) < 4.78 is 6.69. The van der Waals surface area contributed by atoms with E-state index in [0.717, 1.165) is 0 Å². The summed E-state index contributed by atoms with van der Waals surface area (Å²) in [6.45, 7) is 1.45. The predicted molar refractivity (Wildman–Crippen MR) is 59.1 cm³/mol. The zero-order valence-corrected chi connectivity index (χ0v) is 9.35. The molecule has 2 rings (SSSR count). The highest BCUT2D eigenvalue weighted by atomic mass is 16.5. The predicted octanol–water partition coefficient (Wildman–Crippen LogP) is -1.29. The molecular weight excluding hydrogens is 226 g/mol. The average molecular weight is 241 g/mol. The van der Waals surface area contributed by atoms with Gasteiger partial charge in [-0.05, 0) is 6.07 Å². The third-order valence-electron chi connectivity index (χ3n) is 2.99. The molecule has 94 valence electrons. The first kappa shape index (κ1) is 12.0. The van der Waals surface area contributed by atoms with E-state index in [1.807, 2.05) is 0 Å². The number of nitrogen functional groups attached to an aromatic ring is 1. The molecule has 7 heteroatoms. The van der Waals surface area contributed by atoms with Crippen molar-refractivity contribution in [3.63, 3.8) is 0 Å². The molecule has 0 spiro atoms. The standard InChI is InChI=1S/C10H15N3O4/c1-5-8(15)6(4-14)17-9(5)13-3-2-7(11)12-10(13)16/h2-3,5-6,8-9,14-15H,4H2,1H3,(H2,11,12,16)/t5?,6-,8+,9-/m1/s1. The van der Waals surface area contributed by atoms with E-state index < -0.39 is 24.1 Å². The third kappa shape index (κ3) is 2.04. The van der Waals surface area contributed by atoms with Crippen molar-refractivity contribution in [1.29, 1.82) is 0 Å². The van der Waals surface area contributed by atoms with Crippen LogP contribution in [0.1, 0.15) is 13.2 Å². The normalized spacial score (nSPS) is 32.9. The molecule has 0 radical (unpaired) electrons. The first-order valence-electron chi connectivity index (χ1n) is 5.33. The third-order valence-corrected chi connectivity index (χ3v) is 2.99. The fourth-order valence-corrected chi connectivity index (χ4v) is 1.98. The molecule has 7 nitrogen and oxygen atoms in total. The minimum atomic E-state index is -0.811. The first-order chi connectivity index (χ1) is 8.04. The van der Waals surface area contributed by atoms with Gasteiger partial charge >= 0.3 is 5.69 Å². The maximum absolute atomic E-state index is 11.6. The summed E-state index contributed by atoms with van der Waals surface area (Å²) in [7, 11) is 0. The molecule has 1 aromatic rings. The second kappa shape index (κ2) is 4.44. The topological polar surface area (TPSA) is 111 Å². The monoisotopic (exact) mass is 241 g/mol. The average Bonchev–Trinajstić information content (AvgIpc) is 2.57. The fourth-order valence-electron chi connectivity index (χ4n) is 1.98. The molecule has 4 N–H and O–H groups in total. The van der Waals surface area contributed by atoms with Gasteiger partial charge in [0.1, 0.15) is 18.1 Å². The lowest BCUT2D eigenvalue weighted by Crippen LogP contribution is -2.30. The summed E-state index contributed by atoms with van der Waals surface area (Å²) in [5, 5.41) is 18.8. The van der Waals surface area contributed by atoms with Gasteiger partial charge in [0.05, 0.1) is 12.7 Å². The molecular formula is C10H15N3O4. The number of nitrogens with zero attached hydrogens (tertiary/aromatic N) is 2. The minimum absolute atomic E-state index is 0.135. The summed E-state index contributed by atoms with van der Waals surface area (Å²) in [4.78, 5) is 15.2. The van der Waals surface area contributed by atoms with Crippen LogP contribution in [0.2, 0.25) is 0 Å². The maximum atomic E-state index is 11.6. The van der Waals surface area contributed by atoms with Crippen molar-refractivity contribution in [3.8, 4) is 0 Å². The van der Waals surface area contributed by atoms with Crippen LogP contribution in [0.5, 0.6) is 0 Å². The Bertz CT molecular complexity index is 461. The minimum Gasteiger partial charge on any atom is -0.394 e. The molecule has 1 fully saturated rings. The van der Waals surface area contributed by atoms with Crippen molar-refractivity contribution in [2.45, 2.75) is 25.4 Å². The van der Waals surface area contributed by atoms with Crippen LogP contribution in [0.3, 0.4) is 0 Å². The molecule has 0 bridgehead atoms. The van der Waals surface area contributed by atoms with Gasteiger partial charge in [-0.2, -0.15) is 4.98 Å². The van der Waals surface area contributed by atoms with Gasteiger partial charge in [0.2, 0.25) is 0 Å². The Balaban J connectivity index is 2.32. The number of hydrogen-bond donors (Lipinski definition) is 3. The number of aliphatic hydroxyl groups excluding tert-OH is 2. The second-order valence-corrected chi connectivity index (χ2v) is 4.14. The zero-order valence-electron chi connectivity index (χ0n) is 9.35. The van der Waals surface area contributed by atoms with Crippen LogP contribution in [0.4, 0.5) is 5.82 Å². The van der Waals surface area contributed by atoms with Crippen LogP contribution in [-0.4, -0.2) is 38.6 Å². The van der Waals surface area contributed by atoms with Crippen LogP contribution < -0.4 is 11.4 Å². The van der Waals surface area contributed by atoms with Crippen molar-refractivity contribution in [2.75, 3.05) is 12.3 Å². The quantitative estimate of drug-likeness (QED) is 0.594. The maximum Gasteiger partial charge on any atom is 0.351 e. The smallest absolute Gasteiger partial charge is 0.351 e. The Hall–Kier alpha value is -1.44. The Morgan fingerprint density at radius 2 is 2.35 bits per heavy atom. The molecule has 1 aromatic heterocycles. The van der Waals surface area contributed by atoms with Crippen molar-refractivity contribution in [3.05, 3.63) is 22.7 Å². The number of nitrogens with two attached hydrogens (primary N) is 1. The van der Waals surface area contributed by atoms with Crippen LogP contribution in [-0.2, 0) is 4.74 Å². The van der Waals surface area contributed by atoms with E-state index in [1.54, 1.807) is 6.92 Å². The number of aliphatic hydroxyl groups is 2. The van der Waals surface area contributed by atoms with E-state index in [0.29, 0.717) is 0 Å². The summed E-state index contributed by atoms with van der Waals surface area (Å²) in [6, 6.07) is 1.48. The molecule has 0 aliphatic carbocycles. The van der Waals surface area contributed by atoms with Gasteiger partial charge in [0, 0.05) is 12.1 Å². The highest BCUT2D eigenvalue weighted by Gasteiger charge is 2.41. The lowest BCUT2D eigenvalue weighted by molar-refractivity contribution is -0.0476. The summed E-state index contributed by atoms with van der Waals surface area (Å²) in [6.07, 6.45) is -0.658. The van der Waals surface area contributed by atoms with E-state index >= 15 is 0 Å². The Labute approximate surface area is 97.5 Å². The molecule has 2 heterocycles. The molecule has 1 aliphatic rings. The summed E-state index contributed by atoms with van der Waals surface area (Å²) in [5.41, 5.74) is 4.85. The van der Waals surface area contributed by atoms with Crippen molar-refractivity contribution >= 4 is 5.82 Å². The van der Waals surface area contributed by atoms with Crippen LogP contribution in [0.15, 0.2) is 17.1 Å². The molecule has 0 saturated carbocycles. The van der Waals surface area contributed by atoms with Gasteiger partial charge < -0.3 is 20.7 Å². The number of anilines is 1. The van der Waals surface area contributed by atoms with E-state index in [9.17, 15) is 9.90 Å². The van der Waals surface area contributed by atoms with Gasteiger partial charge in [-0.25, -0.2) is 4.79 Å². The van der Waals surface area contributed by atoms with E-state index in [4.69, 9.17) is 15.6 Å². The fraction of sp³-hybridized carbons (Fsp3) is 0.600. The largest absolute Gasteiger partial charge is 0.394 e. The molecule has 0 aromatic carbocycles. The lowest BCUT2D eigenvalue weighted by atomic mass is 10.0. The number of rotatable bonds is 2. The highest BCUT2D eigenvalue weighted by Crippen LogP contribution is 2.33. The Kier molecular flexibility index (Phi) is 3.14. The van der Waals surface area contributed by atoms with Crippen molar-refractivity contribution in [1.82, 2.24) is 9.55 Å². The SMILES string of the molecule is CC1[C@H](n2ccc(N)nc2=O)O[C@H](CO)[C@H]1O. The van der Waals surface area contributed by atoms with Gasteiger partial charge in [-0.1, -0.05) is 6.92 Å². The van der Waals surface area contributed by atoms with Gasteiger partial charge in [-0.3, -0.25) is 4.57 Å². The van der Waals surface area contributed by atoms with Crippen LogP contribution in [0.25, 0.3) is 0 Å². The molecule has 17 heavy (non-hydrogen) atoms. The van der Waals surface area contributed by atoms with E-state index in [1.165, 1.54) is 16.8 Å². The van der Waals surface area contributed by atoms with Gasteiger partial charge in [-0.15, -0.1) is 0 Å². The van der Waals surface area contributed by atoms with Crippen LogP contribution in [0, 0.1) is 5.92 Å². The highest BCUT2D eigenvalue weighted by molar-refractivity contribution is 5.23. The first-order valence-corrected chi connectivity index (χ1v) is 5.33. The molecule has 4 atom stereocenters. The Morgan fingerprint density at radius 1 is 1.65 bits per heavy atom.